The van der Waals surface area contributed by atoms with E-state index in [0.29, 0.717) is 38.6 Å². The van der Waals surface area contributed by atoms with Gasteiger partial charge >= 0.3 is 0 Å². The van der Waals surface area contributed by atoms with Crippen LogP contribution in [0.4, 0.5) is 5.13 Å². The summed E-state index contributed by atoms with van der Waals surface area (Å²) in [5.41, 5.74) is 4.99. The molecule has 3 heterocycles. The summed E-state index contributed by atoms with van der Waals surface area (Å²) in [6, 6.07) is 14.1. The summed E-state index contributed by atoms with van der Waals surface area (Å²) in [5, 5.41) is 3.91. The topological polar surface area (TPSA) is 77.0 Å². The Hall–Kier alpha value is -3.29. The second-order valence-electron chi connectivity index (χ2n) is 8.27. The van der Waals surface area contributed by atoms with E-state index in [1.807, 2.05) is 19.1 Å². The van der Waals surface area contributed by atoms with Crippen molar-refractivity contribution in [1.82, 2.24) is 15.0 Å². The Kier molecular flexibility index (Phi) is 6.30. The summed E-state index contributed by atoms with van der Waals surface area (Å²) in [6.45, 7) is 1.87. The molecule has 6 nitrogen and oxygen atoms in total. The summed E-state index contributed by atoms with van der Waals surface area (Å²) < 4.78 is 5.47. The lowest BCUT2D eigenvalue weighted by Gasteiger charge is -2.21. The number of pyridine rings is 2. The fourth-order valence-corrected chi connectivity index (χ4v) is 5.60. The van der Waals surface area contributed by atoms with Gasteiger partial charge in [-0.2, -0.15) is 0 Å². The van der Waals surface area contributed by atoms with Crippen molar-refractivity contribution in [3.8, 4) is 16.9 Å². The van der Waals surface area contributed by atoms with Crippen LogP contribution in [0.15, 0.2) is 54.9 Å². The average Bonchev–Trinajstić information content (AvgIpc) is 3.25. The van der Waals surface area contributed by atoms with Crippen LogP contribution in [0.1, 0.15) is 44.5 Å². The molecule has 4 aromatic rings. The van der Waals surface area contributed by atoms with Gasteiger partial charge in [0.15, 0.2) is 5.13 Å². The third-order valence-electron chi connectivity index (χ3n) is 6.06. The molecule has 5 rings (SSSR count). The standard InChI is InChI=1S/C26H23ClN4O2S/c1-15-10-18(19-12-24(27)29-14-22(19)33-2)20(13-28-15)25(32)31-26-30-21-9-8-17(11-23(21)34-26)16-6-4-3-5-7-16/h3-7,10,12-14,17H,8-9,11H2,1-2H3,(H,30,31,32). The number of hydrogen-bond acceptors (Lipinski definition) is 6. The maximum atomic E-state index is 13.3. The van der Waals surface area contributed by atoms with E-state index < -0.39 is 0 Å². The molecule has 0 radical (unpaired) electrons. The number of benzene rings is 1. The fraction of sp³-hybridized carbons (Fsp3) is 0.231. The quantitative estimate of drug-likeness (QED) is 0.342. The van der Waals surface area contributed by atoms with Crippen LogP contribution < -0.4 is 10.1 Å². The number of aryl methyl sites for hydroxylation is 2. The van der Waals surface area contributed by atoms with Gasteiger partial charge in [-0.25, -0.2) is 9.97 Å². The van der Waals surface area contributed by atoms with Crippen LogP contribution in [-0.2, 0) is 12.8 Å². The highest BCUT2D eigenvalue weighted by atomic mass is 35.5. The van der Waals surface area contributed by atoms with Crippen LogP contribution in [0.2, 0.25) is 5.15 Å². The molecule has 3 aromatic heterocycles. The van der Waals surface area contributed by atoms with Crippen molar-refractivity contribution >= 4 is 34.0 Å². The number of fused-ring (bicyclic) bond motifs is 1. The molecular weight excluding hydrogens is 468 g/mol. The summed E-state index contributed by atoms with van der Waals surface area (Å²) in [4.78, 5) is 27.7. The van der Waals surface area contributed by atoms with Crippen molar-refractivity contribution < 1.29 is 9.53 Å². The molecule has 0 aliphatic heterocycles. The molecule has 0 spiro atoms. The van der Waals surface area contributed by atoms with Gasteiger partial charge in [0.25, 0.3) is 5.91 Å². The van der Waals surface area contributed by atoms with Crippen molar-refractivity contribution in [2.45, 2.75) is 32.1 Å². The number of thiazole rings is 1. The van der Waals surface area contributed by atoms with E-state index in [9.17, 15) is 4.79 Å². The Morgan fingerprint density at radius 2 is 1.97 bits per heavy atom. The van der Waals surface area contributed by atoms with E-state index in [1.165, 1.54) is 10.4 Å². The minimum absolute atomic E-state index is 0.275. The summed E-state index contributed by atoms with van der Waals surface area (Å²) in [5.74, 6) is 0.735. The van der Waals surface area contributed by atoms with Gasteiger partial charge in [0.1, 0.15) is 10.9 Å². The van der Waals surface area contributed by atoms with Gasteiger partial charge in [-0.05, 0) is 49.8 Å². The minimum atomic E-state index is -0.275. The zero-order valence-corrected chi connectivity index (χ0v) is 20.4. The number of carbonyl (C=O) groups excluding carboxylic acids is 1. The van der Waals surface area contributed by atoms with E-state index in [1.54, 1.807) is 36.9 Å². The molecule has 172 valence electrons. The zero-order valence-electron chi connectivity index (χ0n) is 18.8. The normalized spacial score (nSPS) is 15.0. The maximum absolute atomic E-state index is 13.3. The van der Waals surface area contributed by atoms with Gasteiger partial charge in [0.05, 0.1) is 24.6 Å². The molecular formula is C26H23ClN4O2S. The zero-order chi connectivity index (χ0) is 23.7. The molecule has 0 saturated heterocycles. The number of aromatic nitrogens is 3. The molecule has 0 bridgehead atoms. The molecule has 1 amide bonds. The summed E-state index contributed by atoms with van der Waals surface area (Å²) in [7, 11) is 1.56. The number of anilines is 1. The molecule has 1 unspecified atom stereocenters. The summed E-state index contributed by atoms with van der Waals surface area (Å²) in [6.07, 6.45) is 6.03. The van der Waals surface area contributed by atoms with Crippen molar-refractivity contribution in [2.75, 3.05) is 12.4 Å². The van der Waals surface area contributed by atoms with Crippen LogP contribution in [0.5, 0.6) is 5.75 Å². The lowest BCUT2D eigenvalue weighted by molar-refractivity contribution is 0.102. The highest BCUT2D eigenvalue weighted by molar-refractivity contribution is 7.15. The number of nitrogens with zero attached hydrogens (tertiary/aromatic N) is 3. The van der Waals surface area contributed by atoms with Gasteiger partial charge in [0.2, 0.25) is 0 Å². The van der Waals surface area contributed by atoms with Gasteiger partial charge in [0, 0.05) is 27.9 Å². The lowest BCUT2D eigenvalue weighted by atomic mass is 9.85. The predicted molar refractivity (Wildman–Crippen MR) is 135 cm³/mol. The second kappa shape index (κ2) is 9.52. The number of nitrogens with one attached hydrogen (secondary N) is 1. The number of hydrogen-bond donors (Lipinski definition) is 1. The number of ether oxygens (including phenoxy) is 1. The van der Waals surface area contributed by atoms with Crippen molar-refractivity contribution in [3.63, 3.8) is 0 Å². The van der Waals surface area contributed by atoms with Crippen molar-refractivity contribution in [1.29, 1.82) is 0 Å². The molecule has 1 aliphatic carbocycles. The monoisotopic (exact) mass is 490 g/mol. The predicted octanol–water partition coefficient (Wildman–Crippen LogP) is 6.10. The third-order valence-corrected chi connectivity index (χ3v) is 7.30. The Bertz CT molecular complexity index is 1360. The van der Waals surface area contributed by atoms with Crippen LogP contribution in [0, 0.1) is 6.92 Å². The molecule has 1 atom stereocenters. The van der Waals surface area contributed by atoms with Gasteiger partial charge < -0.3 is 4.74 Å². The fourth-order valence-electron chi connectivity index (χ4n) is 4.36. The number of methoxy groups -OCH3 is 1. The first kappa shape index (κ1) is 22.5. The van der Waals surface area contributed by atoms with Gasteiger partial charge in [-0.1, -0.05) is 41.9 Å². The van der Waals surface area contributed by atoms with E-state index in [2.05, 4.69) is 39.6 Å². The van der Waals surface area contributed by atoms with Crippen molar-refractivity contribution in [3.05, 3.63) is 87.4 Å². The first-order valence-electron chi connectivity index (χ1n) is 11.0. The SMILES string of the molecule is COc1cnc(Cl)cc1-c1cc(C)ncc1C(=O)Nc1nc2c(s1)CC(c1ccccc1)CC2. The van der Waals surface area contributed by atoms with Crippen molar-refractivity contribution in [2.24, 2.45) is 0 Å². The molecule has 1 N–H and O–H groups in total. The largest absolute Gasteiger partial charge is 0.494 e. The molecule has 0 fully saturated rings. The van der Waals surface area contributed by atoms with Crippen LogP contribution in [0.3, 0.4) is 0 Å². The maximum Gasteiger partial charge on any atom is 0.259 e. The van der Waals surface area contributed by atoms with E-state index in [-0.39, 0.29) is 5.91 Å². The molecule has 1 aliphatic rings. The number of halogens is 1. The van der Waals surface area contributed by atoms with E-state index in [4.69, 9.17) is 21.3 Å². The third kappa shape index (κ3) is 4.54. The highest BCUT2D eigenvalue weighted by Crippen LogP contribution is 2.38. The Balaban J connectivity index is 1.42. The van der Waals surface area contributed by atoms with E-state index >= 15 is 0 Å². The van der Waals surface area contributed by atoms with Crippen LogP contribution >= 0.6 is 22.9 Å². The smallest absolute Gasteiger partial charge is 0.259 e. The molecule has 1 aromatic carbocycles. The average molecular weight is 491 g/mol. The number of amides is 1. The Labute approximate surface area is 207 Å². The Morgan fingerprint density at radius 3 is 2.76 bits per heavy atom. The number of rotatable bonds is 5. The van der Waals surface area contributed by atoms with Gasteiger partial charge in [-0.3, -0.25) is 15.1 Å². The molecule has 0 saturated carbocycles. The minimum Gasteiger partial charge on any atom is -0.494 e. The van der Waals surface area contributed by atoms with Gasteiger partial charge in [-0.15, -0.1) is 11.3 Å². The molecule has 8 heteroatoms. The lowest BCUT2D eigenvalue weighted by Crippen LogP contribution is -2.14. The highest BCUT2D eigenvalue weighted by Gasteiger charge is 2.25. The second-order valence-corrected chi connectivity index (χ2v) is 9.74. The first-order chi connectivity index (χ1) is 16.5. The summed E-state index contributed by atoms with van der Waals surface area (Å²) >= 11 is 7.70. The van der Waals surface area contributed by atoms with Crippen LogP contribution in [0.25, 0.3) is 11.1 Å². The molecule has 34 heavy (non-hydrogen) atoms. The first-order valence-corrected chi connectivity index (χ1v) is 12.2. The number of carbonyl (C=O) groups is 1. The van der Waals surface area contributed by atoms with Crippen LogP contribution in [-0.4, -0.2) is 28.0 Å². The van der Waals surface area contributed by atoms with E-state index in [0.717, 1.165) is 30.7 Å². The Morgan fingerprint density at radius 1 is 1.15 bits per heavy atom.